The van der Waals surface area contributed by atoms with Crippen LogP contribution in [0.15, 0.2) is 89.4 Å². The zero-order chi connectivity index (χ0) is 28.2. The van der Waals surface area contributed by atoms with Gasteiger partial charge in [-0.15, -0.1) is 0 Å². The summed E-state index contributed by atoms with van der Waals surface area (Å²) in [5, 5.41) is 6.30. The Morgan fingerprint density at radius 3 is 2.38 bits per heavy atom. The van der Waals surface area contributed by atoms with Crippen molar-refractivity contribution in [2.75, 3.05) is 36.4 Å². The molecule has 1 heterocycles. The molecule has 4 aromatic carbocycles. The van der Waals surface area contributed by atoms with Crippen molar-refractivity contribution in [3.05, 3.63) is 106 Å². The number of para-hydroxylation sites is 3. The third-order valence-electron chi connectivity index (χ3n) is 6.56. The summed E-state index contributed by atoms with van der Waals surface area (Å²) in [6.45, 7) is 1.76. The van der Waals surface area contributed by atoms with Crippen LogP contribution in [-0.2, 0) is 4.79 Å². The normalized spacial score (nSPS) is 14.2. The Morgan fingerprint density at radius 1 is 0.925 bits per heavy atom. The van der Waals surface area contributed by atoms with Gasteiger partial charge in [0, 0.05) is 21.4 Å². The highest BCUT2D eigenvalue weighted by atomic mass is 79.9. The van der Waals surface area contributed by atoms with Crippen LogP contribution in [0.3, 0.4) is 0 Å². The summed E-state index contributed by atoms with van der Waals surface area (Å²) in [6.07, 6.45) is -0.545. The first kappa shape index (κ1) is 27.1. The summed E-state index contributed by atoms with van der Waals surface area (Å²) >= 11 is 3.67. The summed E-state index contributed by atoms with van der Waals surface area (Å²) in [4.78, 5) is 28.1. The molecule has 1 aliphatic rings. The van der Waals surface area contributed by atoms with E-state index >= 15 is 0 Å². The van der Waals surface area contributed by atoms with E-state index in [2.05, 4.69) is 26.6 Å². The van der Waals surface area contributed by atoms with Gasteiger partial charge in [-0.3, -0.25) is 14.5 Å². The first-order chi connectivity index (χ1) is 19.4. The van der Waals surface area contributed by atoms with E-state index in [1.807, 2.05) is 61.5 Å². The lowest BCUT2D eigenvalue weighted by Crippen LogP contribution is -2.43. The number of aryl methyl sites for hydroxylation is 1. The van der Waals surface area contributed by atoms with Crippen LogP contribution >= 0.6 is 15.9 Å². The van der Waals surface area contributed by atoms with Crippen molar-refractivity contribution < 1.29 is 23.8 Å². The van der Waals surface area contributed by atoms with Crippen LogP contribution in [-0.4, -0.2) is 32.6 Å². The number of methoxy groups -OCH3 is 2. The molecule has 0 saturated carbocycles. The number of ether oxygens (including phenoxy) is 3. The van der Waals surface area contributed by atoms with E-state index in [4.69, 9.17) is 14.2 Å². The van der Waals surface area contributed by atoms with Crippen molar-refractivity contribution in [1.29, 1.82) is 0 Å². The molecule has 204 valence electrons. The first-order valence-corrected chi connectivity index (χ1v) is 13.4. The maximum atomic E-state index is 13.8. The van der Waals surface area contributed by atoms with Crippen LogP contribution in [0.5, 0.6) is 17.2 Å². The standard InChI is InChI=1S/C31H28BrN3O5/c1-19-12-14-20(15-13-19)35-30(34-24-9-5-4-8-21(24)31(35)37)22-16-27(39-3)28(17-23(22)32)40-18-29(36)33-25-10-6-7-11-26(25)38-2/h4-17,30,34H,18H2,1-3H3,(H,33,36). The van der Waals surface area contributed by atoms with E-state index in [-0.39, 0.29) is 18.4 Å². The number of hydrogen-bond acceptors (Lipinski definition) is 6. The Kier molecular flexibility index (Phi) is 7.93. The molecule has 0 bridgehead atoms. The highest BCUT2D eigenvalue weighted by molar-refractivity contribution is 9.10. The second-order valence-corrected chi connectivity index (χ2v) is 10.0. The van der Waals surface area contributed by atoms with Gasteiger partial charge in [-0.25, -0.2) is 0 Å². The second-order valence-electron chi connectivity index (χ2n) is 9.16. The number of fused-ring (bicyclic) bond motifs is 1. The third-order valence-corrected chi connectivity index (χ3v) is 7.24. The number of halogens is 1. The van der Waals surface area contributed by atoms with Crippen LogP contribution in [0.4, 0.5) is 17.1 Å². The molecule has 8 nitrogen and oxygen atoms in total. The zero-order valence-electron chi connectivity index (χ0n) is 22.2. The molecule has 0 aromatic heterocycles. The van der Waals surface area contributed by atoms with E-state index in [0.717, 1.165) is 22.5 Å². The van der Waals surface area contributed by atoms with Gasteiger partial charge in [-0.2, -0.15) is 0 Å². The van der Waals surface area contributed by atoms with E-state index in [1.54, 1.807) is 42.3 Å². The fraction of sp³-hybridized carbons (Fsp3) is 0.161. The lowest BCUT2D eigenvalue weighted by Gasteiger charge is -2.38. The maximum absolute atomic E-state index is 13.8. The number of nitrogens with zero attached hydrogens (tertiary/aromatic N) is 1. The van der Waals surface area contributed by atoms with Crippen molar-refractivity contribution in [2.24, 2.45) is 0 Å². The Labute approximate surface area is 241 Å². The summed E-state index contributed by atoms with van der Waals surface area (Å²) < 4.78 is 17.5. The second kappa shape index (κ2) is 11.7. The molecule has 1 unspecified atom stereocenters. The molecule has 40 heavy (non-hydrogen) atoms. The van der Waals surface area contributed by atoms with Crippen molar-refractivity contribution in [1.82, 2.24) is 0 Å². The highest BCUT2D eigenvalue weighted by Gasteiger charge is 2.35. The molecule has 9 heteroatoms. The Hall–Kier alpha value is -4.50. The van der Waals surface area contributed by atoms with E-state index in [1.165, 1.54) is 7.11 Å². The average molecular weight is 602 g/mol. The largest absolute Gasteiger partial charge is 0.495 e. The quantitative estimate of drug-likeness (QED) is 0.238. The molecule has 0 aliphatic carbocycles. The molecule has 2 amide bonds. The average Bonchev–Trinajstić information content (AvgIpc) is 2.97. The Bertz CT molecular complexity index is 1560. The van der Waals surface area contributed by atoms with Crippen LogP contribution in [0.2, 0.25) is 0 Å². The van der Waals surface area contributed by atoms with Crippen molar-refractivity contribution in [3.63, 3.8) is 0 Å². The monoisotopic (exact) mass is 601 g/mol. The molecule has 0 saturated heterocycles. The number of hydrogen-bond donors (Lipinski definition) is 2. The minimum absolute atomic E-state index is 0.123. The van der Waals surface area contributed by atoms with Crippen LogP contribution in [0.1, 0.15) is 27.7 Å². The molecule has 0 fully saturated rings. The lowest BCUT2D eigenvalue weighted by molar-refractivity contribution is -0.118. The fourth-order valence-electron chi connectivity index (χ4n) is 4.55. The van der Waals surface area contributed by atoms with Gasteiger partial charge >= 0.3 is 0 Å². The van der Waals surface area contributed by atoms with Crippen molar-refractivity contribution in [3.8, 4) is 17.2 Å². The minimum Gasteiger partial charge on any atom is -0.495 e. The SMILES string of the molecule is COc1ccccc1NC(=O)COc1cc(Br)c(C2Nc3ccccc3C(=O)N2c2ccc(C)cc2)cc1OC. The van der Waals surface area contributed by atoms with Crippen LogP contribution in [0, 0.1) is 6.92 Å². The number of benzene rings is 4. The molecule has 1 aliphatic heterocycles. The molecule has 0 spiro atoms. The molecule has 1 atom stereocenters. The Balaban J connectivity index is 1.44. The predicted molar refractivity (Wildman–Crippen MR) is 159 cm³/mol. The third kappa shape index (κ3) is 5.46. The number of amides is 2. The number of carbonyl (C=O) groups excluding carboxylic acids is 2. The first-order valence-electron chi connectivity index (χ1n) is 12.6. The van der Waals surface area contributed by atoms with Crippen LogP contribution < -0.4 is 29.7 Å². The summed E-state index contributed by atoms with van der Waals surface area (Å²) in [5.74, 6) is 0.864. The summed E-state index contributed by atoms with van der Waals surface area (Å²) in [7, 11) is 3.07. The molecular weight excluding hydrogens is 574 g/mol. The van der Waals surface area contributed by atoms with Gasteiger partial charge in [0.2, 0.25) is 0 Å². The predicted octanol–water partition coefficient (Wildman–Crippen LogP) is 6.56. The van der Waals surface area contributed by atoms with E-state index < -0.39 is 6.17 Å². The minimum atomic E-state index is -0.545. The van der Waals surface area contributed by atoms with E-state index in [9.17, 15) is 9.59 Å². The van der Waals surface area contributed by atoms with Crippen molar-refractivity contribution >= 4 is 44.8 Å². The molecular formula is C31H28BrN3O5. The number of anilines is 3. The van der Waals surface area contributed by atoms with Crippen LogP contribution in [0.25, 0.3) is 0 Å². The number of carbonyl (C=O) groups is 2. The molecule has 5 rings (SSSR count). The van der Waals surface area contributed by atoms with E-state index in [0.29, 0.717) is 33.0 Å². The lowest BCUT2D eigenvalue weighted by atomic mass is 10.0. The molecule has 2 N–H and O–H groups in total. The van der Waals surface area contributed by atoms with Gasteiger partial charge < -0.3 is 24.8 Å². The topological polar surface area (TPSA) is 89.1 Å². The summed E-state index contributed by atoms with van der Waals surface area (Å²) in [6, 6.07) is 25.9. The van der Waals surface area contributed by atoms with Crippen molar-refractivity contribution in [2.45, 2.75) is 13.1 Å². The van der Waals surface area contributed by atoms with Gasteiger partial charge in [0.05, 0.1) is 25.5 Å². The fourth-order valence-corrected chi connectivity index (χ4v) is 5.09. The van der Waals surface area contributed by atoms with Gasteiger partial charge in [-0.1, -0.05) is 57.9 Å². The molecule has 0 radical (unpaired) electrons. The number of rotatable bonds is 8. The summed E-state index contributed by atoms with van der Waals surface area (Å²) in [5.41, 5.74) is 4.47. The van der Waals surface area contributed by atoms with Gasteiger partial charge in [0.15, 0.2) is 18.1 Å². The Morgan fingerprint density at radius 2 is 1.62 bits per heavy atom. The maximum Gasteiger partial charge on any atom is 0.262 e. The van der Waals surface area contributed by atoms with Gasteiger partial charge in [0.1, 0.15) is 11.9 Å². The van der Waals surface area contributed by atoms with Gasteiger partial charge in [0.25, 0.3) is 11.8 Å². The highest BCUT2D eigenvalue weighted by Crippen LogP contribution is 2.42. The van der Waals surface area contributed by atoms with Gasteiger partial charge in [-0.05, 0) is 55.5 Å². The zero-order valence-corrected chi connectivity index (χ0v) is 23.8. The smallest absolute Gasteiger partial charge is 0.262 e. The molecule has 4 aromatic rings. The number of nitrogens with one attached hydrogen (secondary N) is 2.